The molecule has 30 heavy (non-hydrogen) atoms. The topological polar surface area (TPSA) is 94.2 Å². The Hall–Kier alpha value is -3.55. The van der Waals surface area contributed by atoms with Crippen LogP contribution >= 0.6 is 0 Å². The molecule has 0 aromatic heterocycles. The monoisotopic (exact) mass is 412 g/mol. The molecule has 158 valence electrons. The van der Waals surface area contributed by atoms with Crippen LogP contribution in [0.4, 0.5) is 11.4 Å². The molecule has 0 bridgehead atoms. The highest BCUT2D eigenvalue weighted by molar-refractivity contribution is 6.01. The first-order valence-corrected chi connectivity index (χ1v) is 9.52. The zero-order chi connectivity index (χ0) is 21.7. The lowest BCUT2D eigenvalue weighted by molar-refractivity contribution is -0.157. The standard InChI is InChI=1S/C22H24N2O6/c1-14(21(26)23-16-8-4-6-10-18(16)28-2)30-22(27)15-12-20(25)24(13-15)17-9-5-7-11-19(17)29-3/h4-11,14-15H,12-13H2,1-3H3,(H,23,26)/t14-,15+/m1/s1. The van der Waals surface area contributed by atoms with Crippen LogP contribution < -0.4 is 19.7 Å². The van der Waals surface area contributed by atoms with Gasteiger partial charge in [-0.2, -0.15) is 0 Å². The molecule has 2 atom stereocenters. The van der Waals surface area contributed by atoms with E-state index in [2.05, 4.69) is 5.32 Å². The quantitative estimate of drug-likeness (QED) is 0.703. The van der Waals surface area contributed by atoms with Crippen LogP contribution in [0.2, 0.25) is 0 Å². The van der Waals surface area contributed by atoms with Gasteiger partial charge in [-0.1, -0.05) is 24.3 Å². The maximum Gasteiger partial charge on any atom is 0.312 e. The molecule has 1 fully saturated rings. The molecule has 1 aliphatic heterocycles. The lowest BCUT2D eigenvalue weighted by atomic mass is 10.1. The Balaban J connectivity index is 1.62. The van der Waals surface area contributed by atoms with Crippen molar-refractivity contribution >= 4 is 29.2 Å². The molecule has 0 spiro atoms. The van der Waals surface area contributed by atoms with E-state index in [1.807, 2.05) is 0 Å². The summed E-state index contributed by atoms with van der Waals surface area (Å²) in [6.45, 7) is 1.65. The summed E-state index contributed by atoms with van der Waals surface area (Å²) in [6.07, 6.45) is -1.02. The van der Waals surface area contributed by atoms with Gasteiger partial charge in [0.25, 0.3) is 5.91 Å². The van der Waals surface area contributed by atoms with Gasteiger partial charge in [0.05, 0.1) is 31.5 Å². The zero-order valence-corrected chi connectivity index (χ0v) is 17.1. The third-order valence-corrected chi connectivity index (χ3v) is 4.86. The first-order valence-electron chi connectivity index (χ1n) is 9.52. The number of nitrogens with zero attached hydrogens (tertiary/aromatic N) is 1. The first-order chi connectivity index (χ1) is 14.4. The molecule has 1 aliphatic rings. The predicted molar refractivity (Wildman–Crippen MR) is 111 cm³/mol. The Kier molecular flexibility index (Phi) is 6.56. The molecule has 8 heteroatoms. The number of hydrogen-bond donors (Lipinski definition) is 1. The number of amides is 2. The van der Waals surface area contributed by atoms with E-state index >= 15 is 0 Å². The fourth-order valence-corrected chi connectivity index (χ4v) is 3.26. The van der Waals surface area contributed by atoms with E-state index in [1.165, 1.54) is 26.0 Å². The van der Waals surface area contributed by atoms with E-state index in [0.29, 0.717) is 22.9 Å². The van der Waals surface area contributed by atoms with Crippen molar-refractivity contribution < 1.29 is 28.6 Å². The minimum Gasteiger partial charge on any atom is -0.495 e. The van der Waals surface area contributed by atoms with Gasteiger partial charge in [0.2, 0.25) is 5.91 Å². The third kappa shape index (κ3) is 4.53. The largest absolute Gasteiger partial charge is 0.495 e. The molecular formula is C22H24N2O6. The number of nitrogens with one attached hydrogen (secondary N) is 1. The van der Waals surface area contributed by atoms with Crippen molar-refractivity contribution in [3.05, 3.63) is 48.5 Å². The van der Waals surface area contributed by atoms with Crippen LogP contribution in [0.25, 0.3) is 0 Å². The summed E-state index contributed by atoms with van der Waals surface area (Å²) < 4.78 is 15.8. The highest BCUT2D eigenvalue weighted by Gasteiger charge is 2.38. The summed E-state index contributed by atoms with van der Waals surface area (Å²) in [5, 5.41) is 2.68. The smallest absolute Gasteiger partial charge is 0.312 e. The Morgan fingerprint density at radius 1 is 1.03 bits per heavy atom. The number of methoxy groups -OCH3 is 2. The van der Waals surface area contributed by atoms with Gasteiger partial charge in [-0.15, -0.1) is 0 Å². The molecular weight excluding hydrogens is 388 g/mol. The average Bonchev–Trinajstić information content (AvgIpc) is 3.15. The number of para-hydroxylation sites is 4. The van der Waals surface area contributed by atoms with Crippen molar-refractivity contribution in [3.63, 3.8) is 0 Å². The molecule has 3 rings (SSSR count). The van der Waals surface area contributed by atoms with Crippen LogP contribution in [0.1, 0.15) is 13.3 Å². The highest BCUT2D eigenvalue weighted by Crippen LogP contribution is 2.33. The second-order valence-electron chi connectivity index (χ2n) is 6.85. The lowest BCUT2D eigenvalue weighted by Crippen LogP contribution is -2.33. The summed E-state index contributed by atoms with van der Waals surface area (Å²) >= 11 is 0. The van der Waals surface area contributed by atoms with Crippen LogP contribution in [0.3, 0.4) is 0 Å². The normalized spacial score (nSPS) is 16.7. The summed E-state index contributed by atoms with van der Waals surface area (Å²) in [5.74, 6) is -0.902. The Labute approximate surface area is 174 Å². The SMILES string of the molecule is COc1ccccc1NC(=O)[C@@H](C)OC(=O)[C@H]1CC(=O)N(c2ccccc2OC)C1. The molecule has 0 aliphatic carbocycles. The van der Waals surface area contributed by atoms with Gasteiger partial charge < -0.3 is 24.4 Å². The fourth-order valence-electron chi connectivity index (χ4n) is 3.26. The van der Waals surface area contributed by atoms with Gasteiger partial charge in [-0.05, 0) is 31.2 Å². The molecule has 0 saturated carbocycles. The van der Waals surface area contributed by atoms with Crippen LogP contribution in [-0.4, -0.2) is 44.7 Å². The first kappa shape index (κ1) is 21.2. The van der Waals surface area contributed by atoms with E-state index in [1.54, 1.807) is 48.5 Å². The number of hydrogen-bond acceptors (Lipinski definition) is 6. The lowest BCUT2D eigenvalue weighted by Gasteiger charge is -2.20. The van der Waals surface area contributed by atoms with Gasteiger partial charge in [0.15, 0.2) is 6.10 Å². The maximum atomic E-state index is 12.6. The molecule has 0 unspecified atom stereocenters. The molecule has 1 N–H and O–H groups in total. The van der Waals surface area contributed by atoms with E-state index < -0.39 is 23.9 Å². The molecule has 1 heterocycles. The number of rotatable bonds is 7. The van der Waals surface area contributed by atoms with Crippen molar-refractivity contribution in [1.29, 1.82) is 0 Å². The van der Waals surface area contributed by atoms with Crippen LogP contribution in [0, 0.1) is 5.92 Å². The number of ether oxygens (including phenoxy) is 3. The number of carbonyl (C=O) groups is 3. The maximum absolute atomic E-state index is 12.6. The van der Waals surface area contributed by atoms with E-state index in [9.17, 15) is 14.4 Å². The zero-order valence-electron chi connectivity index (χ0n) is 17.1. The van der Waals surface area contributed by atoms with Crippen LogP contribution in [-0.2, 0) is 19.1 Å². The van der Waals surface area contributed by atoms with Gasteiger partial charge in [0, 0.05) is 13.0 Å². The molecule has 2 aromatic carbocycles. The number of anilines is 2. The summed E-state index contributed by atoms with van der Waals surface area (Å²) in [6, 6.07) is 14.0. The van der Waals surface area contributed by atoms with Crippen LogP contribution in [0.5, 0.6) is 11.5 Å². The Morgan fingerprint density at radius 2 is 1.67 bits per heavy atom. The minimum absolute atomic E-state index is 0.0116. The second-order valence-corrected chi connectivity index (χ2v) is 6.85. The summed E-state index contributed by atoms with van der Waals surface area (Å²) in [5.41, 5.74) is 1.08. The molecule has 0 radical (unpaired) electrons. The van der Waals surface area contributed by atoms with Crippen molar-refractivity contribution in [1.82, 2.24) is 0 Å². The predicted octanol–water partition coefficient (Wildman–Crippen LogP) is 2.63. The van der Waals surface area contributed by atoms with Crippen molar-refractivity contribution in [2.75, 3.05) is 31.0 Å². The fraction of sp³-hybridized carbons (Fsp3) is 0.318. The summed E-state index contributed by atoms with van der Waals surface area (Å²) in [4.78, 5) is 39.0. The average molecular weight is 412 g/mol. The van der Waals surface area contributed by atoms with Crippen molar-refractivity contribution in [2.24, 2.45) is 5.92 Å². The van der Waals surface area contributed by atoms with Crippen LogP contribution in [0.15, 0.2) is 48.5 Å². The molecule has 2 amide bonds. The second kappa shape index (κ2) is 9.30. The van der Waals surface area contributed by atoms with Gasteiger partial charge in [0.1, 0.15) is 11.5 Å². The van der Waals surface area contributed by atoms with Crippen molar-refractivity contribution in [2.45, 2.75) is 19.4 Å². The van der Waals surface area contributed by atoms with E-state index in [0.717, 1.165) is 0 Å². The number of esters is 1. The van der Waals surface area contributed by atoms with E-state index in [-0.39, 0.29) is 18.9 Å². The minimum atomic E-state index is -1.03. The van der Waals surface area contributed by atoms with Crippen molar-refractivity contribution in [3.8, 4) is 11.5 Å². The van der Waals surface area contributed by atoms with Gasteiger partial charge >= 0.3 is 5.97 Å². The van der Waals surface area contributed by atoms with Gasteiger partial charge in [-0.3, -0.25) is 14.4 Å². The van der Waals surface area contributed by atoms with E-state index in [4.69, 9.17) is 14.2 Å². The Bertz CT molecular complexity index is 945. The number of carbonyl (C=O) groups excluding carboxylic acids is 3. The van der Waals surface area contributed by atoms with Gasteiger partial charge in [-0.25, -0.2) is 0 Å². The number of benzene rings is 2. The molecule has 2 aromatic rings. The summed E-state index contributed by atoms with van der Waals surface area (Å²) in [7, 11) is 3.02. The Morgan fingerprint density at radius 3 is 2.37 bits per heavy atom. The highest BCUT2D eigenvalue weighted by atomic mass is 16.5. The molecule has 8 nitrogen and oxygen atoms in total. The third-order valence-electron chi connectivity index (χ3n) is 4.86. The molecule has 1 saturated heterocycles.